The molecule has 1 aliphatic heterocycles. The van der Waals surface area contributed by atoms with Crippen molar-refractivity contribution >= 4 is 40.2 Å². The van der Waals surface area contributed by atoms with Crippen LogP contribution in [0.2, 0.25) is 5.15 Å². The average molecular weight is 506 g/mol. The van der Waals surface area contributed by atoms with Crippen molar-refractivity contribution in [2.45, 2.75) is 51.2 Å². The van der Waals surface area contributed by atoms with Gasteiger partial charge in [0, 0.05) is 6.42 Å². The Bertz CT molecular complexity index is 646. The molecule has 2 atom stereocenters. The Morgan fingerprint density at radius 1 is 1.42 bits per heavy atom. The Kier molecular flexibility index (Phi) is 7.90. The van der Waals surface area contributed by atoms with Gasteiger partial charge in [0.05, 0.1) is 30.0 Å². The highest BCUT2D eigenvalue weighted by atomic mass is 127. The largest absolute Gasteiger partial charge is 0.466 e. The number of halogens is 5. The Balaban J connectivity index is 2.12. The van der Waals surface area contributed by atoms with Crippen LogP contribution in [0.5, 0.6) is 0 Å². The maximum Gasteiger partial charge on any atom is 0.389 e. The second-order valence-electron chi connectivity index (χ2n) is 6.09. The van der Waals surface area contributed by atoms with E-state index in [2.05, 4.69) is 15.3 Å². The van der Waals surface area contributed by atoms with Crippen molar-refractivity contribution in [1.82, 2.24) is 15.3 Å². The van der Waals surface area contributed by atoms with Gasteiger partial charge in [0.2, 0.25) is 0 Å². The fourth-order valence-electron chi connectivity index (χ4n) is 2.88. The number of piperidine rings is 1. The second-order valence-corrected chi connectivity index (χ2v) is 7.47. The summed E-state index contributed by atoms with van der Waals surface area (Å²) in [5, 5.41) is 3.46. The third kappa shape index (κ3) is 6.19. The molecule has 1 aromatic heterocycles. The molecule has 2 heterocycles. The van der Waals surface area contributed by atoms with Gasteiger partial charge >= 0.3 is 12.1 Å². The molecular weight excluding hydrogens is 486 g/mol. The summed E-state index contributed by atoms with van der Waals surface area (Å²) >= 11 is 8.14. The van der Waals surface area contributed by atoms with Crippen LogP contribution in [0.1, 0.15) is 50.0 Å². The van der Waals surface area contributed by atoms with Crippen molar-refractivity contribution in [3.05, 3.63) is 20.2 Å². The topological polar surface area (TPSA) is 64.1 Å². The summed E-state index contributed by atoms with van der Waals surface area (Å²) < 4.78 is 42.7. The minimum absolute atomic E-state index is 0.0567. The summed E-state index contributed by atoms with van der Waals surface area (Å²) in [6.07, 6.45) is -3.82. The molecule has 1 fully saturated rings. The molecule has 0 aromatic carbocycles. The highest BCUT2D eigenvalue weighted by molar-refractivity contribution is 14.1. The lowest BCUT2D eigenvalue weighted by Gasteiger charge is -2.29. The maximum absolute atomic E-state index is 12.4. The van der Waals surface area contributed by atoms with E-state index in [1.807, 2.05) is 22.6 Å². The highest BCUT2D eigenvalue weighted by Gasteiger charge is 2.32. The van der Waals surface area contributed by atoms with Crippen LogP contribution in [-0.2, 0) is 16.0 Å². The first kappa shape index (κ1) is 21.6. The predicted octanol–water partition coefficient (Wildman–Crippen LogP) is 4.22. The number of carbonyl (C=O) groups excluding carboxylic acids is 1. The number of carbonyl (C=O) groups is 1. The van der Waals surface area contributed by atoms with Gasteiger partial charge in [-0.3, -0.25) is 9.78 Å². The molecule has 1 aliphatic rings. The lowest BCUT2D eigenvalue weighted by molar-refractivity contribution is -0.149. The van der Waals surface area contributed by atoms with Crippen molar-refractivity contribution in [3.63, 3.8) is 0 Å². The Labute approximate surface area is 168 Å². The zero-order valence-electron chi connectivity index (χ0n) is 14.2. The molecule has 0 amide bonds. The smallest absolute Gasteiger partial charge is 0.389 e. The third-order valence-corrected chi connectivity index (χ3v) is 5.27. The van der Waals surface area contributed by atoms with Crippen molar-refractivity contribution in [2.75, 3.05) is 13.2 Å². The van der Waals surface area contributed by atoms with Crippen LogP contribution in [-0.4, -0.2) is 35.3 Å². The summed E-state index contributed by atoms with van der Waals surface area (Å²) in [4.78, 5) is 20.7. The molecule has 5 nitrogen and oxygen atoms in total. The van der Waals surface area contributed by atoms with Crippen LogP contribution in [0.15, 0.2) is 0 Å². The van der Waals surface area contributed by atoms with Crippen LogP contribution in [0.3, 0.4) is 0 Å². The second kappa shape index (κ2) is 9.50. The first-order valence-electron chi connectivity index (χ1n) is 8.39. The van der Waals surface area contributed by atoms with Crippen LogP contribution in [0.25, 0.3) is 0 Å². The number of esters is 1. The molecule has 0 spiro atoms. The maximum atomic E-state index is 12.4. The van der Waals surface area contributed by atoms with E-state index >= 15 is 0 Å². The fourth-order valence-corrected chi connectivity index (χ4v) is 3.92. The predicted molar refractivity (Wildman–Crippen MR) is 98.9 cm³/mol. The first-order chi connectivity index (χ1) is 12.2. The Hall–Kier alpha value is -0.680. The van der Waals surface area contributed by atoms with Gasteiger partial charge in [-0.2, -0.15) is 13.2 Å². The SMILES string of the molecule is CCOC(=O)C1CCNC(c2nc(CCCC(F)(F)F)c(I)nc2Cl)C1. The molecule has 0 bridgehead atoms. The molecule has 26 heavy (non-hydrogen) atoms. The number of hydrogen-bond acceptors (Lipinski definition) is 5. The van der Waals surface area contributed by atoms with Crippen LogP contribution in [0, 0.1) is 9.62 Å². The third-order valence-electron chi connectivity index (χ3n) is 4.13. The normalized spacial score (nSPS) is 20.8. The van der Waals surface area contributed by atoms with Crippen molar-refractivity contribution in [3.8, 4) is 0 Å². The van der Waals surface area contributed by atoms with Gasteiger partial charge in [0.1, 0.15) is 3.70 Å². The van der Waals surface area contributed by atoms with Gasteiger partial charge in [0.15, 0.2) is 5.15 Å². The number of aryl methyl sites for hydroxylation is 1. The van der Waals surface area contributed by atoms with E-state index in [4.69, 9.17) is 16.3 Å². The summed E-state index contributed by atoms with van der Waals surface area (Å²) in [5.74, 6) is -0.508. The summed E-state index contributed by atoms with van der Waals surface area (Å²) in [6.45, 7) is 2.67. The monoisotopic (exact) mass is 505 g/mol. The Morgan fingerprint density at radius 2 is 2.15 bits per heavy atom. The molecule has 146 valence electrons. The lowest BCUT2D eigenvalue weighted by Crippen LogP contribution is -2.36. The molecule has 1 N–H and O–H groups in total. The number of hydrogen-bond donors (Lipinski definition) is 1. The molecular formula is C16H20ClF3IN3O2. The van der Waals surface area contributed by atoms with Gasteiger partial charge < -0.3 is 10.1 Å². The van der Waals surface area contributed by atoms with E-state index in [-0.39, 0.29) is 35.9 Å². The standard InChI is InChI=1S/C16H20ClF3IN3O2/c1-2-26-15(25)9-5-7-22-11(8-9)12-13(17)24-14(21)10(23-12)4-3-6-16(18,19)20/h9,11,22H,2-8H2,1H3. The number of rotatable bonds is 6. The first-order valence-corrected chi connectivity index (χ1v) is 9.85. The minimum atomic E-state index is -4.19. The van der Waals surface area contributed by atoms with E-state index in [9.17, 15) is 18.0 Å². The van der Waals surface area contributed by atoms with Crippen LogP contribution >= 0.6 is 34.2 Å². The number of nitrogens with zero attached hydrogens (tertiary/aromatic N) is 2. The molecule has 0 radical (unpaired) electrons. The minimum Gasteiger partial charge on any atom is -0.466 e. The van der Waals surface area contributed by atoms with E-state index in [0.717, 1.165) is 0 Å². The van der Waals surface area contributed by atoms with Gasteiger partial charge in [-0.15, -0.1) is 0 Å². The van der Waals surface area contributed by atoms with Gasteiger partial charge in [0.25, 0.3) is 0 Å². The van der Waals surface area contributed by atoms with Crippen molar-refractivity contribution in [2.24, 2.45) is 5.92 Å². The molecule has 2 rings (SSSR count). The van der Waals surface area contributed by atoms with Gasteiger partial charge in [-0.1, -0.05) is 11.6 Å². The van der Waals surface area contributed by atoms with E-state index < -0.39 is 12.6 Å². The van der Waals surface area contributed by atoms with Crippen LogP contribution in [0.4, 0.5) is 13.2 Å². The van der Waals surface area contributed by atoms with E-state index in [0.29, 0.717) is 41.1 Å². The van der Waals surface area contributed by atoms with E-state index in [1.165, 1.54) is 0 Å². The summed E-state index contributed by atoms with van der Waals surface area (Å²) in [5.41, 5.74) is 0.970. The summed E-state index contributed by atoms with van der Waals surface area (Å²) in [7, 11) is 0. The van der Waals surface area contributed by atoms with Gasteiger partial charge in [-0.25, -0.2) is 4.98 Å². The molecule has 10 heteroatoms. The van der Waals surface area contributed by atoms with Crippen molar-refractivity contribution < 1.29 is 22.7 Å². The highest BCUT2D eigenvalue weighted by Crippen LogP contribution is 2.31. The zero-order valence-corrected chi connectivity index (χ0v) is 17.1. The van der Waals surface area contributed by atoms with E-state index in [1.54, 1.807) is 6.92 Å². The number of aromatic nitrogens is 2. The molecule has 1 saturated heterocycles. The number of nitrogens with one attached hydrogen (secondary N) is 1. The van der Waals surface area contributed by atoms with Crippen LogP contribution < -0.4 is 5.32 Å². The summed E-state index contributed by atoms with van der Waals surface area (Å²) in [6, 6.07) is -0.281. The number of alkyl halides is 3. The fraction of sp³-hybridized carbons (Fsp3) is 0.688. The molecule has 1 aromatic rings. The average Bonchev–Trinajstić information content (AvgIpc) is 2.56. The van der Waals surface area contributed by atoms with Crippen molar-refractivity contribution in [1.29, 1.82) is 0 Å². The molecule has 0 aliphatic carbocycles. The number of ether oxygens (including phenoxy) is 1. The quantitative estimate of drug-likeness (QED) is 0.463. The zero-order chi connectivity index (χ0) is 19.3. The Morgan fingerprint density at radius 3 is 2.81 bits per heavy atom. The van der Waals surface area contributed by atoms with Gasteiger partial charge in [-0.05, 0) is 61.7 Å². The molecule has 0 saturated carbocycles. The molecule has 2 unspecified atom stereocenters. The lowest BCUT2D eigenvalue weighted by atomic mass is 9.91.